The molecule has 1 N–H and O–H groups in total. The number of rotatable bonds is 3. The van der Waals surface area contributed by atoms with Crippen LogP contribution in [0.2, 0.25) is 0 Å². The van der Waals surface area contributed by atoms with Gasteiger partial charge in [-0.1, -0.05) is 19.4 Å². The molecule has 3 saturated carbocycles. The van der Waals surface area contributed by atoms with Gasteiger partial charge in [0, 0.05) is 11.8 Å². The van der Waals surface area contributed by atoms with E-state index in [-0.39, 0.29) is 16.7 Å². The lowest BCUT2D eigenvalue weighted by Crippen LogP contribution is -2.50. The number of likely N-dealkylation sites (N-methyl/N-ethyl adjacent to an activating group) is 1. The molecule has 5 nitrogen and oxygen atoms in total. The highest BCUT2D eigenvalue weighted by atomic mass is 16.2. The summed E-state index contributed by atoms with van der Waals surface area (Å²) >= 11 is 0. The summed E-state index contributed by atoms with van der Waals surface area (Å²) in [5, 5.41) is 4.45. The number of ketones is 1. The summed E-state index contributed by atoms with van der Waals surface area (Å²) in [7, 11) is 6.02. The van der Waals surface area contributed by atoms with Crippen LogP contribution in [0.15, 0.2) is 16.8 Å². The molecular formula is C24H38N3O2+. The smallest absolute Gasteiger partial charge is 0.295 e. The van der Waals surface area contributed by atoms with Crippen LogP contribution in [0.1, 0.15) is 65.2 Å². The van der Waals surface area contributed by atoms with E-state index in [1.165, 1.54) is 18.4 Å². The standard InChI is InChI=1S/C24H37N3O2/c1-23-12-10-17(25-26-22(29)15-27(3,4)5)14-16(23)6-7-18-19-8-9-21(28)24(19,2)13-11-20(18)23/h14,18-20H,6-13,15H2,1-5H3/p+1/b25-17-/t18-,19-,20-,23-,24-/m0/s1. The third-order valence-corrected chi connectivity index (χ3v) is 8.63. The first-order valence-electron chi connectivity index (χ1n) is 11.4. The summed E-state index contributed by atoms with van der Waals surface area (Å²) in [6.45, 7) is 5.14. The Kier molecular flexibility index (Phi) is 5.04. The summed E-state index contributed by atoms with van der Waals surface area (Å²) in [5.41, 5.74) is 5.50. The van der Waals surface area contributed by atoms with Crippen LogP contribution in [0, 0.1) is 28.6 Å². The summed E-state index contributed by atoms with van der Waals surface area (Å²) in [6, 6.07) is 0. The average Bonchev–Trinajstić information content (AvgIpc) is 2.93. The molecule has 29 heavy (non-hydrogen) atoms. The maximum Gasteiger partial charge on any atom is 0.295 e. The predicted molar refractivity (Wildman–Crippen MR) is 115 cm³/mol. The molecule has 0 bridgehead atoms. The molecule has 0 spiro atoms. The van der Waals surface area contributed by atoms with E-state index >= 15 is 0 Å². The second-order valence-corrected chi connectivity index (χ2v) is 11.5. The van der Waals surface area contributed by atoms with E-state index in [0.717, 1.165) is 44.2 Å². The van der Waals surface area contributed by atoms with E-state index in [9.17, 15) is 9.59 Å². The van der Waals surface area contributed by atoms with Crippen molar-refractivity contribution in [1.29, 1.82) is 0 Å². The molecule has 0 aromatic carbocycles. The first-order chi connectivity index (χ1) is 13.5. The van der Waals surface area contributed by atoms with Crippen molar-refractivity contribution in [3.63, 3.8) is 0 Å². The van der Waals surface area contributed by atoms with Gasteiger partial charge in [0.1, 0.15) is 5.78 Å². The Morgan fingerprint density at radius 3 is 2.52 bits per heavy atom. The molecule has 3 fully saturated rings. The van der Waals surface area contributed by atoms with Crippen LogP contribution >= 0.6 is 0 Å². The van der Waals surface area contributed by atoms with Crippen LogP contribution < -0.4 is 5.43 Å². The number of Topliss-reactive ketones (excluding diaryl/α,β-unsaturated/α-hetero) is 1. The first-order valence-corrected chi connectivity index (χ1v) is 11.4. The third kappa shape index (κ3) is 3.60. The number of allylic oxidation sites excluding steroid dienone is 2. The van der Waals surface area contributed by atoms with Crippen molar-refractivity contribution < 1.29 is 14.1 Å². The fraction of sp³-hybridized carbons (Fsp3) is 0.792. The molecule has 4 rings (SSSR count). The fourth-order valence-corrected chi connectivity index (χ4v) is 7.03. The van der Waals surface area contributed by atoms with Crippen LogP contribution in [0.3, 0.4) is 0 Å². The lowest BCUT2D eigenvalue weighted by atomic mass is 9.47. The number of quaternary nitrogens is 1. The topological polar surface area (TPSA) is 58.5 Å². The lowest BCUT2D eigenvalue weighted by molar-refractivity contribution is -0.862. The lowest BCUT2D eigenvalue weighted by Gasteiger charge is -2.57. The van der Waals surface area contributed by atoms with Gasteiger partial charge in [0.2, 0.25) is 0 Å². The summed E-state index contributed by atoms with van der Waals surface area (Å²) in [4.78, 5) is 24.7. The van der Waals surface area contributed by atoms with Crippen LogP contribution in [0.5, 0.6) is 0 Å². The largest absolute Gasteiger partial charge is 0.323 e. The zero-order valence-corrected chi connectivity index (χ0v) is 18.9. The van der Waals surface area contributed by atoms with E-state index in [0.29, 0.717) is 34.6 Å². The molecule has 160 valence electrons. The molecule has 1 amide bonds. The molecule has 5 atom stereocenters. The van der Waals surface area contributed by atoms with E-state index < -0.39 is 0 Å². The fourth-order valence-electron chi connectivity index (χ4n) is 7.03. The molecule has 4 aliphatic rings. The van der Waals surface area contributed by atoms with Crippen molar-refractivity contribution in [3.8, 4) is 0 Å². The molecular weight excluding hydrogens is 362 g/mol. The van der Waals surface area contributed by atoms with E-state index in [4.69, 9.17) is 0 Å². The number of hydrogen-bond donors (Lipinski definition) is 1. The van der Waals surface area contributed by atoms with E-state index in [1.807, 2.05) is 21.1 Å². The number of amides is 1. The highest BCUT2D eigenvalue weighted by molar-refractivity contribution is 5.97. The number of carbonyl (C=O) groups excluding carboxylic acids is 2. The maximum absolute atomic E-state index is 12.6. The maximum atomic E-state index is 12.6. The minimum atomic E-state index is -0.0458. The van der Waals surface area contributed by atoms with Gasteiger partial charge in [-0.3, -0.25) is 9.59 Å². The second-order valence-electron chi connectivity index (χ2n) is 11.5. The van der Waals surface area contributed by atoms with Crippen molar-refractivity contribution in [2.45, 2.75) is 65.2 Å². The summed E-state index contributed by atoms with van der Waals surface area (Å²) < 4.78 is 0.599. The SMILES string of the molecule is C[C@]12CC/C(=N/NC(=O)C[N+](C)(C)C)C=C1CC[C@@H]1[C@@H]2CC[C@]2(C)C(=O)CC[C@@H]12. The van der Waals surface area contributed by atoms with Gasteiger partial charge in [-0.05, 0) is 74.2 Å². The monoisotopic (exact) mass is 400 g/mol. The number of nitrogens with one attached hydrogen (secondary N) is 1. The van der Waals surface area contributed by atoms with Gasteiger partial charge in [0.05, 0.1) is 26.9 Å². The van der Waals surface area contributed by atoms with Crippen molar-refractivity contribution in [1.82, 2.24) is 5.43 Å². The van der Waals surface area contributed by atoms with Crippen LogP contribution in [0.4, 0.5) is 0 Å². The molecule has 0 heterocycles. The summed E-state index contributed by atoms with van der Waals surface area (Å²) in [5.74, 6) is 2.48. The van der Waals surface area contributed by atoms with Gasteiger partial charge in [-0.2, -0.15) is 5.10 Å². The normalized spacial score (nSPS) is 40.7. The van der Waals surface area contributed by atoms with Crippen LogP contribution in [-0.2, 0) is 9.59 Å². The number of fused-ring (bicyclic) bond motifs is 5. The Bertz CT molecular complexity index is 777. The van der Waals surface area contributed by atoms with Gasteiger partial charge < -0.3 is 4.48 Å². The van der Waals surface area contributed by atoms with Gasteiger partial charge in [0.15, 0.2) is 6.54 Å². The van der Waals surface area contributed by atoms with Gasteiger partial charge in [-0.25, -0.2) is 5.43 Å². The molecule has 0 radical (unpaired) electrons. The van der Waals surface area contributed by atoms with Crippen molar-refractivity contribution in [2.75, 3.05) is 27.7 Å². The van der Waals surface area contributed by atoms with Gasteiger partial charge in [0.25, 0.3) is 5.91 Å². The predicted octanol–water partition coefficient (Wildman–Crippen LogP) is 3.70. The minimum absolute atomic E-state index is 0.0297. The number of hydrazone groups is 1. The Balaban J connectivity index is 1.50. The quantitative estimate of drug-likeness (QED) is 0.580. The highest BCUT2D eigenvalue weighted by Gasteiger charge is 2.58. The summed E-state index contributed by atoms with van der Waals surface area (Å²) in [6.07, 6.45) is 10.8. The molecule has 0 aliphatic heterocycles. The Hall–Kier alpha value is -1.49. The number of hydrogen-bond acceptors (Lipinski definition) is 3. The zero-order chi connectivity index (χ0) is 21.0. The number of nitrogens with zero attached hydrogens (tertiary/aromatic N) is 2. The third-order valence-electron chi connectivity index (χ3n) is 8.63. The number of carbonyl (C=O) groups is 2. The Morgan fingerprint density at radius 1 is 1.07 bits per heavy atom. The Labute approximate surface area is 175 Å². The van der Waals surface area contributed by atoms with E-state index in [1.54, 1.807) is 0 Å². The second kappa shape index (κ2) is 7.04. The van der Waals surface area contributed by atoms with Gasteiger partial charge in [-0.15, -0.1) is 0 Å². The van der Waals surface area contributed by atoms with E-state index in [2.05, 4.69) is 30.5 Å². The molecule has 0 saturated heterocycles. The Morgan fingerprint density at radius 2 is 1.79 bits per heavy atom. The van der Waals surface area contributed by atoms with Gasteiger partial charge >= 0.3 is 0 Å². The van der Waals surface area contributed by atoms with Crippen LogP contribution in [0.25, 0.3) is 0 Å². The molecule has 0 unspecified atom stereocenters. The van der Waals surface area contributed by atoms with Crippen molar-refractivity contribution >= 4 is 17.4 Å². The molecule has 5 heteroatoms. The zero-order valence-electron chi connectivity index (χ0n) is 18.9. The molecule has 0 aromatic heterocycles. The average molecular weight is 401 g/mol. The minimum Gasteiger partial charge on any atom is -0.323 e. The van der Waals surface area contributed by atoms with Crippen molar-refractivity contribution in [2.24, 2.45) is 33.7 Å². The van der Waals surface area contributed by atoms with Crippen molar-refractivity contribution in [3.05, 3.63) is 11.6 Å². The highest BCUT2D eigenvalue weighted by Crippen LogP contribution is 2.64. The molecule has 4 aliphatic carbocycles. The van der Waals surface area contributed by atoms with Crippen LogP contribution in [-0.4, -0.2) is 49.6 Å². The first kappa shape index (κ1) is 20.8. The molecule has 0 aromatic rings.